The van der Waals surface area contributed by atoms with Gasteiger partial charge < -0.3 is 11.5 Å². The van der Waals surface area contributed by atoms with Gasteiger partial charge >= 0.3 is 10.4 Å². The Labute approximate surface area is 87.0 Å². The molecule has 15 heavy (non-hydrogen) atoms. The predicted molar refractivity (Wildman–Crippen MR) is 56.1 cm³/mol. The summed E-state index contributed by atoms with van der Waals surface area (Å²) in [7, 11) is -4.67. The Morgan fingerprint density at radius 1 is 1.13 bits per heavy atom. The first-order valence-corrected chi connectivity index (χ1v) is 5.03. The molecule has 0 aliphatic heterocycles. The van der Waals surface area contributed by atoms with Crippen molar-refractivity contribution in [3.05, 3.63) is 30.3 Å². The van der Waals surface area contributed by atoms with E-state index in [9.17, 15) is 0 Å². The van der Waals surface area contributed by atoms with Crippen molar-refractivity contribution < 1.29 is 17.5 Å². The molecule has 8 heteroatoms. The second-order valence-electron chi connectivity index (χ2n) is 2.32. The third-order valence-corrected chi connectivity index (χ3v) is 1.01. The summed E-state index contributed by atoms with van der Waals surface area (Å²) in [5.74, 6) is 0.0891. The van der Waals surface area contributed by atoms with Gasteiger partial charge in [-0.1, -0.05) is 18.2 Å². The molecule has 0 saturated carbocycles. The first-order valence-electron chi connectivity index (χ1n) is 3.63. The van der Waals surface area contributed by atoms with E-state index in [-0.39, 0.29) is 5.96 Å². The van der Waals surface area contributed by atoms with Crippen molar-refractivity contribution in [2.75, 3.05) is 0 Å². The minimum Gasteiger partial charge on any atom is -0.370 e. The summed E-state index contributed by atoms with van der Waals surface area (Å²) >= 11 is 0. The fourth-order valence-corrected chi connectivity index (χ4v) is 0.652. The van der Waals surface area contributed by atoms with Gasteiger partial charge in [-0.15, -0.1) is 0 Å². The highest BCUT2D eigenvalue weighted by molar-refractivity contribution is 7.79. The number of guanidine groups is 1. The molecule has 0 aliphatic rings. The smallest absolute Gasteiger partial charge is 0.370 e. The molecule has 84 valence electrons. The van der Waals surface area contributed by atoms with Gasteiger partial charge in [0.2, 0.25) is 0 Å². The summed E-state index contributed by atoms with van der Waals surface area (Å²) in [6.07, 6.45) is 0. The molecule has 1 rings (SSSR count). The molecule has 0 radical (unpaired) electrons. The highest BCUT2D eigenvalue weighted by Gasteiger charge is 1.85. The zero-order valence-corrected chi connectivity index (χ0v) is 8.42. The van der Waals surface area contributed by atoms with Crippen LogP contribution in [0, 0.1) is 0 Å². The van der Waals surface area contributed by atoms with Crippen LogP contribution in [-0.2, 0) is 10.4 Å². The molecule has 0 spiro atoms. The molecular weight excluding hydrogens is 222 g/mol. The quantitative estimate of drug-likeness (QED) is 0.304. The molecule has 0 heterocycles. The Kier molecular flexibility index (Phi) is 5.31. The second kappa shape index (κ2) is 5.96. The van der Waals surface area contributed by atoms with Crippen LogP contribution in [0.1, 0.15) is 0 Å². The van der Waals surface area contributed by atoms with Crippen molar-refractivity contribution in [2.24, 2.45) is 16.5 Å². The van der Waals surface area contributed by atoms with Crippen LogP contribution in [0.5, 0.6) is 0 Å². The molecule has 0 aliphatic carbocycles. The van der Waals surface area contributed by atoms with E-state index in [2.05, 4.69) is 4.99 Å². The van der Waals surface area contributed by atoms with Gasteiger partial charge in [-0.05, 0) is 12.1 Å². The van der Waals surface area contributed by atoms with E-state index in [1.165, 1.54) is 0 Å². The monoisotopic (exact) mass is 233 g/mol. The number of nitrogens with zero attached hydrogens (tertiary/aromatic N) is 1. The topological polar surface area (TPSA) is 139 Å². The lowest BCUT2D eigenvalue weighted by molar-refractivity contribution is 0.381. The Hall–Kier alpha value is -1.64. The van der Waals surface area contributed by atoms with E-state index in [1.54, 1.807) is 0 Å². The first kappa shape index (κ1) is 13.4. The van der Waals surface area contributed by atoms with Crippen molar-refractivity contribution in [3.63, 3.8) is 0 Å². The fraction of sp³-hybridized carbons (Fsp3) is 0. The van der Waals surface area contributed by atoms with Crippen LogP contribution >= 0.6 is 0 Å². The van der Waals surface area contributed by atoms with Crippen molar-refractivity contribution in [3.8, 4) is 0 Å². The molecule has 0 aromatic heterocycles. The van der Waals surface area contributed by atoms with E-state index in [0.717, 1.165) is 5.69 Å². The maximum absolute atomic E-state index is 8.74. The first-order chi connectivity index (χ1) is 6.79. The lowest BCUT2D eigenvalue weighted by Crippen LogP contribution is -2.21. The number of para-hydroxylation sites is 1. The zero-order valence-electron chi connectivity index (χ0n) is 7.61. The molecule has 0 saturated heterocycles. The van der Waals surface area contributed by atoms with E-state index < -0.39 is 10.4 Å². The number of benzene rings is 1. The van der Waals surface area contributed by atoms with Gasteiger partial charge in [-0.3, -0.25) is 9.11 Å². The van der Waals surface area contributed by atoms with Crippen molar-refractivity contribution >= 4 is 22.0 Å². The van der Waals surface area contributed by atoms with Crippen molar-refractivity contribution in [2.45, 2.75) is 0 Å². The van der Waals surface area contributed by atoms with Crippen LogP contribution in [-0.4, -0.2) is 23.5 Å². The summed E-state index contributed by atoms with van der Waals surface area (Å²) in [4.78, 5) is 3.83. The maximum Gasteiger partial charge on any atom is 0.394 e. The molecule has 6 N–H and O–H groups in total. The number of aliphatic imine (C=N–C) groups is 1. The Morgan fingerprint density at radius 2 is 1.53 bits per heavy atom. The molecule has 0 bridgehead atoms. The molecule has 7 nitrogen and oxygen atoms in total. The highest BCUT2D eigenvalue weighted by atomic mass is 32.3. The third-order valence-electron chi connectivity index (χ3n) is 1.01. The number of hydrogen-bond donors (Lipinski definition) is 4. The molecule has 1 aromatic rings. The Bertz CT molecular complexity index is 403. The third kappa shape index (κ3) is 12.4. The summed E-state index contributed by atoms with van der Waals surface area (Å²) < 4.78 is 31.6. The second-order valence-corrected chi connectivity index (χ2v) is 3.22. The highest BCUT2D eigenvalue weighted by Crippen LogP contribution is 2.07. The van der Waals surface area contributed by atoms with Crippen molar-refractivity contribution in [1.82, 2.24) is 0 Å². The standard InChI is InChI=1S/C7H9N3.H2O4S/c8-7(9)10-6-4-2-1-3-5-6;1-5(2,3)4/h1-5H,(H4,8,9,10);(H2,1,2,3,4). The average Bonchev–Trinajstić information content (AvgIpc) is 2.01. The lowest BCUT2D eigenvalue weighted by Gasteiger charge is -1.91. The molecule has 0 atom stereocenters. The molecule has 0 amide bonds. The van der Waals surface area contributed by atoms with Crippen molar-refractivity contribution in [1.29, 1.82) is 0 Å². The van der Waals surface area contributed by atoms with Crippen LogP contribution in [0.4, 0.5) is 5.69 Å². The van der Waals surface area contributed by atoms with Gasteiger partial charge in [0, 0.05) is 0 Å². The van der Waals surface area contributed by atoms with E-state index >= 15 is 0 Å². The summed E-state index contributed by atoms with van der Waals surface area (Å²) in [5.41, 5.74) is 11.1. The number of rotatable bonds is 1. The van der Waals surface area contributed by atoms with Crippen LogP contribution in [0.25, 0.3) is 0 Å². The van der Waals surface area contributed by atoms with Gasteiger partial charge in [0.25, 0.3) is 0 Å². The number of hydrogen-bond acceptors (Lipinski definition) is 3. The van der Waals surface area contributed by atoms with Gasteiger partial charge in [0.05, 0.1) is 5.69 Å². The van der Waals surface area contributed by atoms with E-state index in [1.807, 2.05) is 30.3 Å². The van der Waals surface area contributed by atoms with E-state index in [4.69, 9.17) is 29.0 Å². The molecular formula is C7H11N3O4S. The van der Waals surface area contributed by atoms with Crippen LogP contribution in [0.15, 0.2) is 35.3 Å². The minimum absolute atomic E-state index is 0.0891. The van der Waals surface area contributed by atoms with Gasteiger partial charge in [0.15, 0.2) is 5.96 Å². The lowest BCUT2D eigenvalue weighted by atomic mass is 10.3. The Morgan fingerprint density at radius 3 is 1.87 bits per heavy atom. The summed E-state index contributed by atoms with van der Waals surface area (Å²) in [5, 5.41) is 0. The molecule has 0 unspecified atom stereocenters. The van der Waals surface area contributed by atoms with Crippen LogP contribution in [0.2, 0.25) is 0 Å². The SMILES string of the molecule is NC(N)=Nc1ccccc1.O=S(=O)(O)O. The van der Waals surface area contributed by atoms with Gasteiger partial charge in [-0.2, -0.15) is 8.42 Å². The van der Waals surface area contributed by atoms with Gasteiger partial charge in [0.1, 0.15) is 0 Å². The molecule has 0 fully saturated rings. The van der Waals surface area contributed by atoms with Crippen LogP contribution in [0.3, 0.4) is 0 Å². The summed E-state index contributed by atoms with van der Waals surface area (Å²) in [6.45, 7) is 0. The number of nitrogens with two attached hydrogens (primary N) is 2. The fourth-order valence-electron chi connectivity index (χ4n) is 0.652. The largest absolute Gasteiger partial charge is 0.394 e. The van der Waals surface area contributed by atoms with Crippen LogP contribution < -0.4 is 11.5 Å². The average molecular weight is 233 g/mol. The summed E-state index contributed by atoms with van der Waals surface area (Å²) in [6, 6.07) is 9.33. The molecule has 1 aromatic carbocycles. The van der Waals surface area contributed by atoms with E-state index in [0.29, 0.717) is 0 Å². The minimum atomic E-state index is -4.67. The normalized spacial score (nSPS) is 9.73. The maximum atomic E-state index is 8.74. The zero-order chi connectivity index (χ0) is 11.9. The Balaban J connectivity index is 0.000000336. The predicted octanol–water partition coefficient (Wildman–Crippen LogP) is -0.0613. The van der Waals surface area contributed by atoms with Gasteiger partial charge in [-0.25, -0.2) is 4.99 Å².